The van der Waals surface area contributed by atoms with Gasteiger partial charge in [0.1, 0.15) is 25.2 Å². The first kappa shape index (κ1) is 27.3. The van der Waals surface area contributed by atoms with Crippen molar-refractivity contribution in [3.63, 3.8) is 0 Å². The molecule has 0 radical (unpaired) electrons. The van der Waals surface area contributed by atoms with Crippen LogP contribution in [0.3, 0.4) is 0 Å². The van der Waals surface area contributed by atoms with E-state index in [0.717, 1.165) is 29.7 Å². The summed E-state index contributed by atoms with van der Waals surface area (Å²) >= 11 is 0. The zero-order chi connectivity index (χ0) is 21.4. The van der Waals surface area contributed by atoms with Gasteiger partial charge in [0.15, 0.2) is 0 Å². The van der Waals surface area contributed by atoms with Crippen LogP contribution in [-0.4, -0.2) is 80.9 Å². The zero-order valence-electron chi connectivity index (χ0n) is 18.4. The monoisotopic (exact) mass is 430 g/mol. The fourth-order valence-electron chi connectivity index (χ4n) is 2.54. The van der Waals surface area contributed by atoms with Crippen LogP contribution in [0.5, 0.6) is 0 Å². The number of likely N-dealkylation sites (N-methyl/N-ethyl adjacent to an activating group) is 2. The maximum Gasteiger partial charge on any atom is 0.317 e. The Labute approximate surface area is 180 Å². The van der Waals surface area contributed by atoms with Gasteiger partial charge in [0, 0.05) is 19.0 Å². The lowest BCUT2D eigenvalue weighted by Crippen LogP contribution is -3.00. The van der Waals surface area contributed by atoms with E-state index in [-0.39, 0.29) is 25.6 Å². The summed E-state index contributed by atoms with van der Waals surface area (Å²) in [7, 11) is 8.56. The molecule has 0 saturated carbocycles. The predicted octanol–water partition coefficient (Wildman–Crippen LogP) is -1.57. The molecule has 1 aromatic rings. The molecular weight excluding hydrogens is 396 g/mol. The molecule has 1 atom stereocenters. The molecule has 29 heavy (non-hydrogen) atoms. The number of carbonyl (C=O) groups is 2. The third kappa shape index (κ3) is 10.1. The minimum Gasteiger partial charge on any atom is -1.00 e. The summed E-state index contributed by atoms with van der Waals surface area (Å²) in [6, 6.07) is 7.97. The lowest BCUT2D eigenvalue weighted by Gasteiger charge is -2.31. The average molecular weight is 431 g/mol. The van der Waals surface area contributed by atoms with Crippen LogP contribution in [0.4, 0.5) is 0 Å². The molecule has 0 aliphatic carbocycles. The smallest absolute Gasteiger partial charge is 0.317 e. The highest BCUT2D eigenvalue weighted by Gasteiger charge is 2.36. The van der Waals surface area contributed by atoms with Gasteiger partial charge in [-0.2, -0.15) is 0 Å². The van der Waals surface area contributed by atoms with Crippen molar-refractivity contribution in [3.05, 3.63) is 35.4 Å². The standard InChI is InChI=1S/C21H35N2O5.ClH/c1-17(25)28-16-21(2,15-24)20(26)27-14-19-9-7-18(8-10-19)13-23(5,6)12-11-22(3)4;/h7-10,24H,11-16H2,1-6H3;1H/q+1;/p-1. The lowest BCUT2D eigenvalue weighted by atomic mass is 9.93. The van der Waals surface area contributed by atoms with Gasteiger partial charge in [0.25, 0.3) is 0 Å². The number of aliphatic hydroxyl groups is 1. The van der Waals surface area contributed by atoms with Gasteiger partial charge >= 0.3 is 11.9 Å². The molecule has 0 fully saturated rings. The Kier molecular flexibility index (Phi) is 11.4. The summed E-state index contributed by atoms with van der Waals surface area (Å²) in [5, 5.41) is 9.49. The van der Waals surface area contributed by atoms with Crippen LogP contribution in [0.2, 0.25) is 0 Å². The summed E-state index contributed by atoms with van der Waals surface area (Å²) in [6.45, 7) is 5.19. The molecule has 1 aromatic carbocycles. The first-order valence-corrected chi connectivity index (χ1v) is 9.43. The van der Waals surface area contributed by atoms with Gasteiger partial charge in [-0.25, -0.2) is 0 Å². The Bertz CT molecular complexity index is 649. The van der Waals surface area contributed by atoms with E-state index < -0.39 is 24.0 Å². The van der Waals surface area contributed by atoms with Crippen LogP contribution in [0, 0.1) is 5.41 Å². The highest BCUT2D eigenvalue weighted by atomic mass is 35.5. The summed E-state index contributed by atoms with van der Waals surface area (Å²) in [5.41, 5.74) is 0.817. The molecule has 8 heteroatoms. The molecule has 0 heterocycles. The Morgan fingerprint density at radius 3 is 2.14 bits per heavy atom. The largest absolute Gasteiger partial charge is 1.00 e. The fourth-order valence-corrected chi connectivity index (χ4v) is 2.54. The second-order valence-corrected chi connectivity index (χ2v) is 8.51. The van der Waals surface area contributed by atoms with Crippen molar-refractivity contribution in [1.82, 2.24) is 4.90 Å². The number of quaternary nitrogens is 1. The van der Waals surface area contributed by atoms with Crippen molar-refractivity contribution in [3.8, 4) is 0 Å². The third-order valence-electron chi connectivity index (χ3n) is 4.59. The van der Waals surface area contributed by atoms with E-state index in [4.69, 9.17) is 9.47 Å². The van der Waals surface area contributed by atoms with Crippen molar-refractivity contribution >= 4 is 11.9 Å². The van der Waals surface area contributed by atoms with Crippen LogP contribution >= 0.6 is 0 Å². The van der Waals surface area contributed by atoms with Crippen molar-refractivity contribution in [1.29, 1.82) is 0 Å². The lowest BCUT2D eigenvalue weighted by molar-refractivity contribution is -0.903. The molecule has 0 bridgehead atoms. The van der Waals surface area contributed by atoms with E-state index in [0.29, 0.717) is 0 Å². The summed E-state index contributed by atoms with van der Waals surface area (Å²) < 4.78 is 11.1. The number of carbonyl (C=O) groups excluding carboxylic acids is 2. The topological polar surface area (TPSA) is 76.1 Å². The van der Waals surface area contributed by atoms with Gasteiger partial charge in [0.05, 0.1) is 27.2 Å². The molecule has 0 aliphatic rings. The molecule has 7 nitrogen and oxygen atoms in total. The second kappa shape index (κ2) is 12.1. The summed E-state index contributed by atoms with van der Waals surface area (Å²) in [5.74, 6) is -1.10. The number of esters is 2. The predicted molar refractivity (Wildman–Crippen MR) is 107 cm³/mol. The molecule has 1 N–H and O–H groups in total. The second-order valence-electron chi connectivity index (χ2n) is 8.51. The Morgan fingerprint density at radius 1 is 1.10 bits per heavy atom. The van der Waals surface area contributed by atoms with E-state index in [1.165, 1.54) is 19.4 Å². The van der Waals surface area contributed by atoms with Crippen molar-refractivity contribution in [2.24, 2.45) is 5.41 Å². The van der Waals surface area contributed by atoms with Gasteiger partial charge in [-0.1, -0.05) is 24.3 Å². The van der Waals surface area contributed by atoms with E-state index in [1.54, 1.807) is 0 Å². The number of aliphatic hydroxyl groups excluding tert-OH is 1. The van der Waals surface area contributed by atoms with Gasteiger partial charge in [0.2, 0.25) is 0 Å². The third-order valence-corrected chi connectivity index (χ3v) is 4.59. The zero-order valence-corrected chi connectivity index (χ0v) is 19.2. The minimum absolute atomic E-state index is 0. The van der Waals surface area contributed by atoms with Gasteiger partial charge in [-0.3, -0.25) is 9.59 Å². The van der Waals surface area contributed by atoms with E-state index in [1.807, 2.05) is 24.3 Å². The molecule has 0 aromatic heterocycles. The fraction of sp³-hybridized carbons (Fsp3) is 0.619. The molecule has 0 aliphatic heterocycles. The Hall–Kier alpha value is -1.67. The SMILES string of the molecule is CC(=O)OCC(C)(CO)C(=O)OCc1ccc(C[N+](C)(C)CCN(C)C)cc1.[Cl-]. The maximum atomic E-state index is 12.3. The van der Waals surface area contributed by atoms with Crippen LogP contribution in [-0.2, 0) is 32.2 Å². The van der Waals surface area contributed by atoms with Gasteiger partial charge < -0.3 is 36.4 Å². The van der Waals surface area contributed by atoms with Crippen LogP contribution in [0.1, 0.15) is 25.0 Å². The first-order valence-electron chi connectivity index (χ1n) is 9.43. The van der Waals surface area contributed by atoms with E-state index >= 15 is 0 Å². The summed E-state index contributed by atoms with van der Waals surface area (Å²) in [6.07, 6.45) is 0. The van der Waals surface area contributed by atoms with Crippen LogP contribution < -0.4 is 12.4 Å². The number of benzene rings is 1. The highest BCUT2D eigenvalue weighted by molar-refractivity contribution is 5.77. The Balaban J connectivity index is 0.00000784. The molecule has 0 spiro atoms. The van der Waals surface area contributed by atoms with Crippen molar-refractivity contribution in [2.45, 2.75) is 27.0 Å². The molecule has 0 amide bonds. The molecule has 0 saturated heterocycles. The number of hydrogen-bond acceptors (Lipinski definition) is 6. The Morgan fingerprint density at radius 2 is 1.66 bits per heavy atom. The van der Waals surface area contributed by atoms with Crippen molar-refractivity contribution in [2.75, 3.05) is 54.5 Å². The first-order chi connectivity index (χ1) is 13.0. The maximum absolute atomic E-state index is 12.3. The number of nitrogens with zero attached hydrogens (tertiary/aromatic N) is 2. The van der Waals surface area contributed by atoms with Crippen LogP contribution in [0.15, 0.2) is 24.3 Å². The molecule has 1 rings (SSSR count). The van der Waals surface area contributed by atoms with Gasteiger partial charge in [-0.15, -0.1) is 0 Å². The van der Waals surface area contributed by atoms with Crippen LogP contribution in [0.25, 0.3) is 0 Å². The minimum atomic E-state index is -1.26. The number of halogens is 1. The molecule has 1 unspecified atom stereocenters. The molecule has 166 valence electrons. The number of hydrogen-bond donors (Lipinski definition) is 1. The van der Waals surface area contributed by atoms with Gasteiger partial charge in [-0.05, 0) is 26.6 Å². The van der Waals surface area contributed by atoms with Crippen molar-refractivity contribution < 1.29 is 41.1 Å². The quantitative estimate of drug-likeness (QED) is 0.338. The number of ether oxygens (including phenoxy) is 2. The molecular formula is C21H35ClN2O5. The van der Waals surface area contributed by atoms with E-state index in [2.05, 4.69) is 33.1 Å². The van der Waals surface area contributed by atoms with E-state index in [9.17, 15) is 14.7 Å². The average Bonchev–Trinajstić information content (AvgIpc) is 2.63. The number of rotatable bonds is 11. The summed E-state index contributed by atoms with van der Waals surface area (Å²) in [4.78, 5) is 25.4. The normalized spacial score (nSPS) is 13.4. The highest BCUT2D eigenvalue weighted by Crippen LogP contribution is 2.20.